The number of rotatable bonds is 4. The summed E-state index contributed by atoms with van der Waals surface area (Å²) in [5, 5.41) is 2.65. The third-order valence-electron chi connectivity index (χ3n) is 9.65. The summed E-state index contributed by atoms with van der Waals surface area (Å²) in [6.07, 6.45) is 6.57. The van der Waals surface area contributed by atoms with Gasteiger partial charge in [-0.15, -0.1) is 11.3 Å². The number of fused-ring (bicyclic) bond motifs is 5. The lowest BCUT2D eigenvalue weighted by Crippen LogP contribution is -2.00. The first-order valence-electron chi connectivity index (χ1n) is 15.8. The lowest BCUT2D eigenvalue weighted by atomic mass is 9.92. The van der Waals surface area contributed by atoms with Crippen molar-refractivity contribution >= 4 is 64.7 Å². The van der Waals surface area contributed by atoms with Gasteiger partial charge >= 0.3 is 0 Å². The van der Waals surface area contributed by atoms with Gasteiger partial charge in [-0.2, -0.15) is 0 Å². The highest BCUT2D eigenvalue weighted by Crippen LogP contribution is 2.40. The fraction of sp³-hybridized carbons (Fsp3) is 0.122. The zero-order chi connectivity index (χ0) is 30.9. The molecule has 0 unspecified atom stereocenters. The van der Waals surface area contributed by atoms with Crippen LogP contribution in [0.15, 0.2) is 115 Å². The summed E-state index contributed by atoms with van der Waals surface area (Å²) in [6, 6.07) is 37.4. The molecule has 3 aromatic heterocycles. The van der Waals surface area contributed by atoms with Crippen LogP contribution in [0.1, 0.15) is 29.8 Å². The van der Waals surface area contributed by atoms with Gasteiger partial charge in [-0.3, -0.25) is 0 Å². The van der Waals surface area contributed by atoms with E-state index in [1.807, 2.05) is 17.4 Å². The van der Waals surface area contributed by atoms with Gasteiger partial charge in [-0.25, -0.2) is 9.97 Å². The molecule has 5 heteroatoms. The van der Waals surface area contributed by atoms with E-state index in [0.29, 0.717) is 0 Å². The Hall–Kier alpha value is -5.26. The van der Waals surface area contributed by atoms with Crippen molar-refractivity contribution in [1.29, 1.82) is 0 Å². The maximum absolute atomic E-state index is 5.03. The van der Waals surface area contributed by atoms with Crippen molar-refractivity contribution in [3.8, 4) is 22.5 Å². The van der Waals surface area contributed by atoms with Gasteiger partial charge in [-0.05, 0) is 95.6 Å². The number of allylic oxidation sites excluding steroid dienone is 4. The Morgan fingerprint density at radius 1 is 0.565 bits per heavy atom. The number of para-hydroxylation sites is 3. The van der Waals surface area contributed by atoms with E-state index >= 15 is 0 Å². The molecule has 4 nitrogen and oxygen atoms in total. The van der Waals surface area contributed by atoms with Crippen molar-refractivity contribution in [2.45, 2.75) is 19.8 Å². The van der Waals surface area contributed by atoms with Crippen LogP contribution in [-0.2, 0) is 14.1 Å². The van der Waals surface area contributed by atoms with Crippen LogP contribution in [0, 0.1) is 6.92 Å². The Labute approximate surface area is 271 Å². The van der Waals surface area contributed by atoms with E-state index < -0.39 is 0 Å². The largest absolute Gasteiger partial charge is 0.327 e. The number of benzene rings is 5. The molecule has 0 radical (unpaired) electrons. The molecular formula is C41H32N4S. The molecule has 1 aliphatic rings. The van der Waals surface area contributed by atoms with Crippen molar-refractivity contribution in [1.82, 2.24) is 19.1 Å². The smallest absolute Gasteiger partial charge is 0.140 e. The maximum atomic E-state index is 5.03. The van der Waals surface area contributed by atoms with Gasteiger partial charge in [0.15, 0.2) is 0 Å². The summed E-state index contributed by atoms with van der Waals surface area (Å²) >= 11 is 1.87. The molecule has 0 amide bonds. The number of imidazole rings is 2. The molecule has 3 heterocycles. The van der Waals surface area contributed by atoms with E-state index in [2.05, 4.69) is 139 Å². The van der Waals surface area contributed by atoms with Crippen LogP contribution in [-0.4, -0.2) is 19.1 Å². The number of hydrogen-bond acceptors (Lipinski definition) is 3. The van der Waals surface area contributed by atoms with Gasteiger partial charge in [0.25, 0.3) is 0 Å². The minimum absolute atomic E-state index is 0.985. The molecule has 222 valence electrons. The number of thiophene rings is 1. The van der Waals surface area contributed by atoms with Crippen LogP contribution in [0.4, 0.5) is 0 Å². The molecule has 0 bridgehead atoms. The molecule has 9 rings (SSSR count). The van der Waals surface area contributed by atoms with Crippen LogP contribution in [0.25, 0.3) is 75.9 Å². The molecule has 0 fully saturated rings. The topological polar surface area (TPSA) is 35.6 Å². The van der Waals surface area contributed by atoms with E-state index in [-0.39, 0.29) is 0 Å². The summed E-state index contributed by atoms with van der Waals surface area (Å²) in [5.41, 5.74) is 13.2. The van der Waals surface area contributed by atoms with E-state index in [4.69, 9.17) is 9.97 Å². The summed E-state index contributed by atoms with van der Waals surface area (Å²) in [4.78, 5) is 9.92. The Bertz CT molecular complexity index is 2550. The third-order valence-corrected chi connectivity index (χ3v) is 10.8. The molecule has 5 aromatic carbocycles. The summed E-state index contributed by atoms with van der Waals surface area (Å²) in [7, 11) is 4.22. The standard InChI is InChI=1S/C41H32N4S/c1-25-7-6-10-36-39(25)43-41(45(36)3)29-17-13-27(14-18-29)31-20-22-38-33(24-31)32-23-30(19-21-37(32)46-38)26-11-15-28(16-12-26)40-42-34-8-4-5-9-35(34)44(40)2/h4-13,15-17,19-24H,14,18H2,1-3H3. The Balaban J connectivity index is 1.04. The normalized spacial score (nSPS) is 13.6. The minimum Gasteiger partial charge on any atom is -0.327 e. The van der Waals surface area contributed by atoms with Crippen LogP contribution >= 0.6 is 11.3 Å². The third kappa shape index (κ3) is 4.27. The predicted molar refractivity (Wildman–Crippen MR) is 195 cm³/mol. The molecule has 1 aliphatic carbocycles. The van der Waals surface area contributed by atoms with Gasteiger partial charge in [0.1, 0.15) is 11.6 Å². The van der Waals surface area contributed by atoms with Crippen molar-refractivity contribution in [3.05, 3.63) is 132 Å². The monoisotopic (exact) mass is 612 g/mol. The molecule has 0 aliphatic heterocycles. The maximum Gasteiger partial charge on any atom is 0.140 e. The Morgan fingerprint density at radius 2 is 1.20 bits per heavy atom. The minimum atomic E-state index is 0.985. The highest BCUT2D eigenvalue weighted by Gasteiger charge is 2.18. The second kappa shape index (κ2) is 10.4. The second-order valence-corrected chi connectivity index (χ2v) is 13.5. The van der Waals surface area contributed by atoms with Gasteiger partial charge < -0.3 is 9.13 Å². The molecule has 8 aromatic rings. The average Bonchev–Trinajstić information content (AvgIpc) is 3.76. The molecule has 0 saturated heterocycles. The van der Waals surface area contributed by atoms with Gasteiger partial charge in [0, 0.05) is 39.8 Å². The van der Waals surface area contributed by atoms with E-state index in [1.54, 1.807) is 0 Å². The molecular weight excluding hydrogens is 581 g/mol. The average molecular weight is 613 g/mol. The Morgan fingerprint density at radius 3 is 1.93 bits per heavy atom. The highest BCUT2D eigenvalue weighted by molar-refractivity contribution is 7.25. The zero-order valence-electron chi connectivity index (χ0n) is 26.1. The zero-order valence-corrected chi connectivity index (χ0v) is 26.9. The van der Waals surface area contributed by atoms with Crippen LogP contribution in [0.2, 0.25) is 0 Å². The molecule has 0 atom stereocenters. The quantitative estimate of drug-likeness (QED) is 0.198. The van der Waals surface area contributed by atoms with Crippen LogP contribution < -0.4 is 0 Å². The van der Waals surface area contributed by atoms with Crippen molar-refractivity contribution in [3.63, 3.8) is 0 Å². The van der Waals surface area contributed by atoms with Crippen molar-refractivity contribution in [2.75, 3.05) is 0 Å². The molecule has 0 N–H and O–H groups in total. The number of aryl methyl sites for hydroxylation is 3. The number of aromatic nitrogens is 4. The van der Waals surface area contributed by atoms with Gasteiger partial charge in [-0.1, -0.05) is 72.8 Å². The first-order valence-corrected chi connectivity index (χ1v) is 16.6. The molecule has 0 saturated carbocycles. The van der Waals surface area contributed by atoms with E-state index in [0.717, 1.165) is 46.6 Å². The first kappa shape index (κ1) is 27.1. The Kier molecular flexibility index (Phi) is 6.12. The van der Waals surface area contributed by atoms with Gasteiger partial charge in [0.2, 0.25) is 0 Å². The summed E-state index contributed by atoms with van der Waals surface area (Å²) in [5.74, 6) is 2.06. The van der Waals surface area contributed by atoms with E-state index in [9.17, 15) is 0 Å². The SMILES string of the molecule is Cc1cccc2c1nc(C1=CC=C(c3ccc4sc5ccc(-c6ccc(-c7nc8ccccc8n7C)cc6)cc5c4c3)CC1)n2C. The summed E-state index contributed by atoms with van der Waals surface area (Å²) in [6.45, 7) is 2.14. The second-order valence-electron chi connectivity index (χ2n) is 12.4. The predicted octanol–water partition coefficient (Wildman–Crippen LogP) is 10.7. The lowest BCUT2D eigenvalue weighted by molar-refractivity contribution is 0.900. The van der Waals surface area contributed by atoms with Crippen molar-refractivity contribution in [2.24, 2.45) is 14.1 Å². The van der Waals surface area contributed by atoms with Gasteiger partial charge in [0.05, 0.1) is 22.1 Å². The fourth-order valence-corrected chi connectivity index (χ4v) is 8.14. The van der Waals surface area contributed by atoms with Crippen molar-refractivity contribution < 1.29 is 0 Å². The summed E-state index contributed by atoms with van der Waals surface area (Å²) < 4.78 is 7.06. The first-order chi connectivity index (χ1) is 22.5. The highest BCUT2D eigenvalue weighted by atomic mass is 32.1. The molecule has 0 spiro atoms. The van der Waals surface area contributed by atoms with E-state index in [1.165, 1.54) is 59.1 Å². The molecule has 46 heavy (non-hydrogen) atoms. The fourth-order valence-electron chi connectivity index (χ4n) is 7.08. The van der Waals surface area contributed by atoms with Crippen LogP contribution in [0.5, 0.6) is 0 Å². The van der Waals surface area contributed by atoms with Crippen LogP contribution in [0.3, 0.4) is 0 Å². The lowest BCUT2D eigenvalue weighted by Gasteiger charge is -2.15. The number of nitrogens with zero attached hydrogens (tertiary/aromatic N) is 4. The number of hydrogen-bond donors (Lipinski definition) is 0.